The van der Waals surface area contributed by atoms with Crippen LogP contribution >= 0.6 is 0 Å². The van der Waals surface area contributed by atoms with Crippen LogP contribution in [0.15, 0.2) is 42.5 Å². The molecule has 148 valence electrons. The predicted octanol–water partition coefficient (Wildman–Crippen LogP) is 0.809. The third-order valence-electron chi connectivity index (χ3n) is 4.45. The summed E-state index contributed by atoms with van der Waals surface area (Å²) < 4.78 is 10.9. The summed E-state index contributed by atoms with van der Waals surface area (Å²) in [4.78, 5) is 49.6. The maximum absolute atomic E-state index is 12.3. The number of hydrogen-bond donors (Lipinski definition) is 2. The van der Waals surface area contributed by atoms with Crippen molar-refractivity contribution in [3.05, 3.63) is 53.6 Å². The number of carbonyl (C=O) groups is 4. The molecule has 0 aliphatic carbocycles. The average Bonchev–Trinajstić information content (AvgIpc) is 2.97. The lowest BCUT2D eigenvalue weighted by molar-refractivity contribution is -0.124. The Morgan fingerprint density at radius 3 is 2.24 bits per heavy atom. The number of nitrogens with one attached hydrogen (secondary N) is 2. The molecule has 2 N–H and O–H groups in total. The molecule has 0 spiro atoms. The van der Waals surface area contributed by atoms with E-state index >= 15 is 0 Å². The van der Waals surface area contributed by atoms with Gasteiger partial charge in [0.2, 0.25) is 11.8 Å². The van der Waals surface area contributed by atoms with E-state index in [9.17, 15) is 19.2 Å². The topological polar surface area (TPSA) is 114 Å². The second-order valence-electron chi connectivity index (χ2n) is 6.43. The molecule has 0 atom stereocenters. The summed E-state index contributed by atoms with van der Waals surface area (Å²) in [5.74, 6) is -0.996. The summed E-state index contributed by atoms with van der Waals surface area (Å²) in [6.07, 6.45) is 0. The zero-order valence-corrected chi connectivity index (χ0v) is 15.3. The number of imide groups is 1. The van der Waals surface area contributed by atoms with Gasteiger partial charge in [-0.15, -0.1) is 0 Å². The van der Waals surface area contributed by atoms with E-state index in [1.807, 2.05) is 0 Å². The molecule has 0 saturated carbocycles. The lowest BCUT2D eigenvalue weighted by Crippen LogP contribution is -2.42. The summed E-state index contributed by atoms with van der Waals surface area (Å²) >= 11 is 0. The van der Waals surface area contributed by atoms with Gasteiger partial charge in [-0.1, -0.05) is 12.1 Å². The summed E-state index contributed by atoms with van der Waals surface area (Å²) in [6.45, 7) is 0.135. The number of ether oxygens (including phenoxy) is 2. The zero-order chi connectivity index (χ0) is 20.4. The number of benzene rings is 2. The van der Waals surface area contributed by atoms with Gasteiger partial charge in [-0.3, -0.25) is 24.1 Å². The van der Waals surface area contributed by atoms with E-state index in [2.05, 4.69) is 10.6 Å². The number of rotatable bonds is 5. The van der Waals surface area contributed by atoms with Gasteiger partial charge in [0.1, 0.15) is 19.8 Å². The number of amides is 4. The second-order valence-corrected chi connectivity index (χ2v) is 6.43. The Kier molecular flexibility index (Phi) is 4.86. The molecule has 2 heterocycles. The molecule has 9 heteroatoms. The molecule has 0 radical (unpaired) electrons. The summed E-state index contributed by atoms with van der Waals surface area (Å²) in [6, 6.07) is 11.3. The minimum Gasteiger partial charge on any atom is -0.486 e. The highest BCUT2D eigenvalue weighted by atomic mass is 16.6. The van der Waals surface area contributed by atoms with Crippen molar-refractivity contribution < 1.29 is 28.7 Å². The van der Waals surface area contributed by atoms with Gasteiger partial charge in [0.15, 0.2) is 11.5 Å². The molecular formula is C20H17N3O6. The Balaban J connectivity index is 1.29. The third-order valence-corrected chi connectivity index (χ3v) is 4.45. The Morgan fingerprint density at radius 1 is 0.897 bits per heavy atom. The number of carbonyl (C=O) groups excluding carboxylic acids is 4. The van der Waals surface area contributed by atoms with Crippen molar-refractivity contribution in [1.29, 1.82) is 0 Å². The highest BCUT2D eigenvalue weighted by Crippen LogP contribution is 2.32. The van der Waals surface area contributed by atoms with Crippen molar-refractivity contribution in [2.75, 3.05) is 31.6 Å². The second kappa shape index (κ2) is 7.63. The Morgan fingerprint density at radius 2 is 1.55 bits per heavy atom. The van der Waals surface area contributed by atoms with Crippen LogP contribution in [-0.4, -0.2) is 54.8 Å². The fourth-order valence-corrected chi connectivity index (χ4v) is 3.09. The lowest BCUT2D eigenvalue weighted by Gasteiger charge is -2.19. The largest absolute Gasteiger partial charge is 0.486 e. The first-order valence-electron chi connectivity index (χ1n) is 8.94. The number of anilines is 1. The molecule has 4 amide bonds. The smallest absolute Gasteiger partial charge is 0.262 e. The molecule has 2 aromatic rings. The number of fused-ring (bicyclic) bond motifs is 2. The van der Waals surface area contributed by atoms with E-state index in [4.69, 9.17) is 9.47 Å². The lowest BCUT2D eigenvalue weighted by atomic mass is 10.1. The number of nitrogens with zero attached hydrogens (tertiary/aromatic N) is 1. The molecule has 4 rings (SSSR count). The van der Waals surface area contributed by atoms with E-state index in [1.54, 1.807) is 30.3 Å². The van der Waals surface area contributed by atoms with E-state index in [0.717, 1.165) is 4.90 Å². The van der Waals surface area contributed by atoms with Gasteiger partial charge in [0.05, 0.1) is 17.7 Å². The first-order valence-corrected chi connectivity index (χ1v) is 8.94. The predicted molar refractivity (Wildman–Crippen MR) is 101 cm³/mol. The Bertz CT molecular complexity index is 984. The van der Waals surface area contributed by atoms with Crippen LogP contribution in [0.5, 0.6) is 11.5 Å². The van der Waals surface area contributed by atoms with Crippen LogP contribution in [0.2, 0.25) is 0 Å². The molecule has 0 unspecified atom stereocenters. The maximum Gasteiger partial charge on any atom is 0.262 e. The van der Waals surface area contributed by atoms with E-state index in [1.165, 1.54) is 12.1 Å². The Labute approximate surface area is 165 Å². The molecule has 2 aliphatic rings. The molecular weight excluding hydrogens is 378 g/mol. The van der Waals surface area contributed by atoms with Gasteiger partial charge in [-0.25, -0.2) is 0 Å². The highest BCUT2D eigenvalue weighted by molar-refractivity contribution is 6.22. The van der Waals surface area contributed by atoms with Crippen molar-refractivity contribution >= 4 is 29.3 Å². The molecule has 2 aromatic carbocycles. The SMILES string of the molecule is O=C(CN1C(=O)c2ccccc2C1=O)NCC(=O)Nc1ccc2c(c1)OCCO2. The van der Waals surface area contributed by atoms with Crippen molar-refractivity contribution in [2.24, 2.45) is 0 Å². The van der Waals surface area contributed by atoms with Gasteiger partial charge in [0.25, 0.3) is 11.8 Å². The van der Waals surface area contributed by atoms with Crippen LogP contribution in [0.25, 0.3) is 0 Å². The average molecular weight is 395 g/mol. The molecule has 0 aromatic heterocycles. The first-order chi connectivity index (χ1) is 14.0. The monoisotopic (exact) mass is 395 g/mol. The third kappa shape index (κ3) is 3.75. The molecule has 0 fully saturated rings. The minimum atomic E-state index is -0.614. The molecule has 0 saturated heterocycles. The van der Waals surface area contributed by atoms with Crippen molar-refractivity contribution in [2.45, 2.75) is 0 Å². The van der Waals surface area contributed by atoms with Gasteiger partial charge >= 0.3 is 0 Å². The van der Waals surface area contributed by atoms with Crippen molar-refractivity contribution in [1.82, 2.24) is 10.2 Å². The summed E-state index contributed by atoms with van der Waals surface area (Å²) in [7, 11) is 0. The molecule has 9 nitrogen and oxygen atoms in total. The molecule has 2 aliphatic heterocycles. The van der Waals surface area contributed by atoms with Crippen LogP contribution in [-0.2, 0) is 9.59 Å². The first kappa shape index (κ1) is 18.5. The van der Waals surface area contributed by atoms with Gasteiger partial charge in [0, 0.05) is 11.8 Å². The molecule has 29 heavy (non-hydrogen) atoms. The van der Waals surface area contributed by atoms with E-state index in [0.29, 0.717) is 30.4 Å². The standard InChI is InChI=1S/C20H17N3O6/c24-17(22-12-5-6-15-16(9-12)29-8-7-28-15)10-21-18(25)11-23-19(26)13-3-1-2-4-14(13)20(23)27/h1-6,9H,7-8,10-11H2,(H,21,25)(H,22,24). The van der Waals surface area contributed by atoms with E-state index < -0.39 is 30.2 Å². The fourth-order valence-electron chi connectivity index (χ4n) is 3.09. The quantitative estimate of drug-likeness (QED) is 0.725. The zero-order valence-electron chi connectivity index (χ0n) is 15.3. The normalized spacial score (nSPS) is 14.4. The van der Waals surface area contributed by atoms with Crippen LogP contribution in [0.1, 0.15) is 20.7 Å². The van der Waals surface area contributed by atoms with Crippen molar-refractivity contribution in [3.63, 3.8) is 0 Å². The summed E-state index contributed by atoms with van der Waals surface area (Å²) in [5, 5.41) is 5.04. The maximum atomic E-state index is 12.3. The Hall–Kier alpha value is -3.88. The van der Waals surface area contributed by atoms with Gasteiger partial charge in [-0.2, -0.15) is 0 Å². The van der Waals surface area contributed by atoms with Crippen LogP contribution in [0.3, 0.4) is 0 Å². The van der Waals surface area contributed by atoms with Gasteiger partial charge < -0.3 is 20.1 Å². The van der Waals surface area contributed by atoms with E-state index in [-0.39, 0.29) is 17.7 Å². The number of hydrogen-bond acceptors (Lipinski definition) is 6. The van der Waals surface area contributed by atoms with Crippen LogP contribution < -0.4 is 20.1 Å². The fraction of sp³-hybridized carbons (Fsp3) is 0.200. The summed E-state index contributed by atoms with van der Waals surface area (Å²) in [5.41, 5.74) is 1.03. The van der Waals surface area contributed by atoms with Gasteiger partial charge in [-0.05, 0) is 24.3 Å². The molecule has 0 bridgehead atoms. The van der Waals surface area contributed by atoms with Crippen LogP contribution in [0.4, 0.5) is 5.69 Å². The van der Waals surface area contributed by atoms with Crippen LogP contribution in [0, 0.1) is 0 Å². The highest BCUT2D eigenvalue weighted by Gasteiger charge is 2.36. The van der Waals surface area contributed by atoms with Crippen molar-refractivity contribution in [3.8, 4) is 11.5 Å². The minimum absolute atomic E-state index is 0.265.